The Morgan fingerprint density at radius 2 is 1.86 bits per heavy atom. The van der Waals surface area contributed by atoms with Gasteiger partial charge in [-0.15, -0.1) is 0 Å². The van der Waals surface area contributed by atoms with Crippen LogP contribution in [0.25, 0.3) is 0 Å². The SMILES string of the molecule is CC1(C)CCC(C)(C)N(C(=O)c2cccc(CC(=O)O)c2)C1. The first-order valence-electron chi connectivity index (χ1n) is 7.73. The first-order chi connectivity index (χ1) is 10.1. The van der Waals surface area contributed by atoms with Crippen LogP contribution in [0.1, 0.15) is 56.5 Å². The number of nitrogens with zero attached hydrogens (tertiary/aromatic N) is 1. The van der Waals surface area contributed by atoms with Crippen LogP contribution in [0.2, 0.25) is 0 Å². The van der Waals surface area contributed by atoms with E-state index in [0.717, 1.165) is 19.4 Å². The molecule has 1 fully saturated rings. The molecule has 120 valence electrons. The van der Waals surface area contributed by atoms with Crippen molar-refractivity contribution in [1.29, 1.82) is 0 Å². The number of carboxylic acids is 1. The third kappa shape index (κ3) is 3.67. The van der Waals surface area contributed by atoms with Crippen molar-refractivity contribution in [1.82, 2.24) is 4.90 Å². The number of rotatable bonds is 3. The lowest BCUT2D eigenvalue weighted by atomic mass is 9.76. The Kier molecular flexibility index (Phi) is 4.32. The molecule has 4 heteroatoms. The molecule has 1 N–H and O–H groups in total. The van der Waals surface area contributed by atoms with Crippen LogP contribution in [0, 0.1) is 5.41 Å². The van der Waals surface area contributed by atoms with Crippen LogP contribution in [-0.2, 0) is 11.2 Å². The normalized spacial score (nSPS) is 19.7. The number of carboxylic acid groups (broad SMARTS) is 1. The molecule has 1 heterocycles. The monoisotopic (exact) mass is 303 g/mol. The summed E-state index contributed by atoms with van der Waals surface area (Å²) >= 11 is 0. The maximum atomic E-state index is 12.9. The van der Waals surface area contributed by atoms with Gasteiger partial charge in [0.25, 0.3) is 5.91 Å². The number of hydrogen-bond acceptors (Lipinski definition) is 2. The molecule has 1 amide bonds. The Balaban J connectivity index is 2.28. The van der Waals surface area contributed by atoms with Gasteiger partial charge in [-0.05, 0) is 49.8 Å². The first kappa shape index (κ1) is 16.5. The maximum Gasteiger partial charge on any atom is 0.307 e. The zero-order valence-electron chi connectivity index (χ0n) is 13.8. The average molecular weight is 303 g/mol. The van der Waals surface area contributed by atoms with E-state index < -0.39 is 5.97 Å². The average Bonchev–Trinajstić information content (AvgIpc) is 2.41. The summed E-state index contributed by atoms with van der Waals surface area (Å²) in [6.45, 7) is 9.29. The Morgan fingerprint density at radius 3 is 2.50 bits per heavy atom. The lowest BCUT2D eigenvalue weighted by molar-refractivity contribution is -0.136. The Morgan fingerprint density at radius 1 is 1.18 bits per heavy atom. The van der Waals surface area contributed by atoms with E-state index in [1.807, 2.05) is 4.90 Å². The van der Waals surface area contributed by atoms with Gasteiger partial charge in [-0.3, -0.25) is 9.59 Å². The summed E-state index contributed by atoms with van der Waals surface area (Å²) in [6, 6.07) is 6.98. The third-order valence-electron chi connectivity index (χ3n) is 4.50. The predicted molar refractivity (Wildman–Crippen MR) is 85.9 cm³/mol. The standard InChI is InChI=1S/C18H25NO3/c1-17(2)8-9-18(3,4)19(12-17)16(22)14-7-5-6-13(10-14)11-15(20)21/h5-7,10H,8-9,11-12H2,1-4H3,(H,20,21). The topological polar surface area (TPSA) is 57.6 Å². The Bertz CT molecular complexity index is 590. The van der Waals surface area contributed by atoms with Gasteiger partial charge in [0.05, 0.1) is 6.42 Å². The number of likely N-dealkylation sites (tertiary alicyclic amines) is 1. The molecule has 0 bridgehead atoms. The fraction of sp³-hybridized carbons (Fsp3) is 0.556. The van der Waals surface area contributed by atoms with Crippen LogP contribution in [0.5, 0.6) is 0 Å². The van der Waals surface area contributed by atoms with Gasteiger partial charge in [0, 0.05) is 17.6 Å². The van der Waals surface area contributed by atoms with Crippen molar-refractivity contribution in [3.8, 4) is 0 Å². The van der Waals surface area contributed by atoms with Gasteiger partial charge in [-0.1, -0.05) is 26.0 Å². The van der Waals surface area contributed by atoms with Crippen molar-refractivity contribution in [3.63, 3.8) is 0 Å². The molecule has 1 aromatic rings. The first-order valence-corrected chi connectivity index (χ1v) is 7.73. The number of amides is 1. The molecule has 0 radical (unpaired) electrons. The van der Waals surface area contributed by atoms with Crippen molar-refractivity contribution >= 4 is 11.9 Å². The molecule has 0 unspecified atom stereocenters. The van der Waals surface area contributed by atoms with Crippen LogP contribution in [-0.4, -0.2) is 34.0 Å². The molecule has 4 nitrogen and oxygen atoms in total. The molecule has 1 aliphatic heterocycles. The summed E-state index contributed by atoms with van der Waals surface area (Å²) < 4.78 is 0. The molecule has 2 rings (SSSR count). The van der Waals surface area contributed by atoms with E-state index in [9.17, 15) is 9.59 Å². The largest absolute Gasteiger partial charge is 0.481 e. The second-order valence-electron chi connectivity index (χ2n) is 7.64. The fourth-order valence-electron chi connectivity index (χ4n) is 2.99. The van der Waals surface area contributed by atoms with Gasteiger partial charge < -0.3 is 10.0 Å². The van der Waals surface area contributed by atoms with Crippen LogP contribution < -0.4 is 0 Å². The van der Waals surface area contributed by atoms with E-state index in [1.54, 1.807) is 24.3 Å². The van der Waals surface area contributed by atoms with Crippen molar-refractivity contribution < 1.29 is 14.7 Å². The number of carbonyl (C=O) groups excluding carboxylic acids is 1. The summed E-state index contributed by atoms with van der Waals surface area (Å²) in [5.41, 5.74) is 1.18. The number of hydrogen-bond donors (Lipinski definition) is 1. The van der Waals surface area contributed by atoms with Crippen molar-refractivity contribution in [2.45, 2.75) is 52.5 Å². The minimum atomic E-state index is -0.885. The Hall–Kier alpha value is -1.84. The maximum absolute atomic E-state index is 12.9. The van der Waals surface area contributed by atoms with E-state index >= 15 is 0 Å². The smallest absolute Gasteiger partial charge is 0.307 e. The van der Waals surface area contributed by atoms with Crippen molar-refractivity contribution in [2.75, 3.05) is 6.54 Å². The van der Waals surface area contributed by atoms with Gasteiger partial charge >= 0.3 is 5.97 Å². The minimum absolute atomic E-state index is 0.00925. The lowest BCUT2D eigenvalue weighted by Crippen LogP contribution is -2.55. The summed E-state index contributed by atoms with van der Waals surface area (Å²) in [4.78, 5) is 25.7. The van der Waals surface area contributed by atoms with Crippen LogP contribution in [0.15, 0.2) is 24.3 Å². The number of piperidine rings is 1. The van der Waals surface area contributed by atoms with Gasteiger partial charge in [0.2, 0.25) is 0 Å². The molecular formula is C18H25NO3. The van der Waals surface area contributed by atoms with Crippen LogP contribution in [0.4, 0.5) is 0 Å². The molecule has 1 aromatic carbocycles. The molecule has 0 saturated carbocycles. The van der Waals surface area contributed by atoms with Gasteiger partial charge in [0.15, 0.2) is 0 Å². The quantitative estimate of drug-likeness (QED) is 0.931. The second-order valence-corrected chi connectivity index (χ2v) is 7.64. The molecule has 1 aliphatic rings. The summed E-state index contributed by atoms with van der Waals surface area (Å²) in [5.74, 6) is -0.894. The van der Waals surface area contributed by atoms with Gasteiger partial charge in [-0.25, -0.2) is 0 Å². The highest BCUT2D eigenvalue weighted by Gasteiger charge is 2.40. The van der Waals surface area contributed by atoms with Crippen molar-refractivity contribution in [3.05, 3.63) is 35.4 Å². The van der Waals surface area contributed by atoms with Gasteiger partial charge in [0.1, 0.15) is 0 Å². The highest BCUT2D eigenvalue weighted by atomic mass is 16.4. The number of benzene rings is 1. The number of aliphatic carboxylic acids is 1. The van der Waals surface area contributed by atoms with E-state index in [-0.39, 0.29) is 23.3 Å². The molecule has 1 saturated heterocycles. The highest BCUT2D eigenvalue weighted by Crippen LogP contribution is 2.38. The lowest BCUT2D eigenvalue weighted by Gasteiger charge is -2.49. The predicted octanol–water partition coefficient (Wildman–Crippen LogP) is 3.35. The molecule has 22 heavy (non-hydrogen) atoms. The van der Waals surface area contributed by atoms with E-state index in [4.69, 9.17) is 5.11 Å². The van der Waals surface area contributed by atoms with E-state index in [1.165, 1.54) is 0 Å². The second kappa shape index (κ2) is 5.75. The highest BCUT2D eigenvalue weighted by molar-refractivity contribution is 5.95. The molecular weight excluding hydrogens is 278 g/mol. The molecule has 0 atom stereocenters. The minimum Gasteiger partial charge on any atom is -0.481 e. The number of carbonyl (C=O) groups is 2. The Labute approximate surface area is 132 Å². The molecule has 0 aromatic heterocycles. The summed E-state index contributed by atoms with van der Waals surface area (Å²) in [5, 5.41) is 8.90. The van der Waals surface area contributed by atoms with Crippen LogP contribution in [0.3, 0.4) is 0 Å². The van der Waals surface area contributed by atoms with Gasteiger partial charge in [-0.2, -0.15) is 0 Å². The van der Waals surface area contributed by atoms with Crippen LogP contribution >= 0.6 is 0 Å². The fourth-order valence-corrected chi connectivity index (χ4v) is 2.99. The molecule has 0 aliphatic carbocycles. The molecule has 0 spiro atoms. The zero-order chi connectivity index (χ0) is 16.5. The zero-order valence-corrected chi connectivity index (χ0v) is 13.8. The van der Waals surface area contributed by atoms with E-state index in [0.29, 0.717) is 11.1 Å². The van der Waals surface area contributed by atoms with E-state index in [2.05, 4.69) is 27.7 Å². The summed E-state index contributed by atoms with van der Waals surface area (Å²) in [6.07, 6.45) is 2.01. The van der Waals surface area contributed by atoms with Crippen molar-refractivity contribution in [2.24, 2.45) is 5.41 Å². The summed E-state index contributed by atoms with van der Waals surface area (Å²) in [7, 11) is 0. The third-order valence-corrected chi connectivity index (χ3v) is 4.50.